The fourth-order valence-corrected chi connectivity index (χ4v) is 3.30. The van der Waals surface area contributed by atoms with Crippen molar-refractivity contribution < 1.29 is 4.74 Å². The SMILES string of the molecule is c1ccc(Cc2cc(-c3cc(OCC4CC4)c(C4CC4)cn3)n[nH]2)cc1. The maximum atomic E-state index is 6.15. The third-order valence-corrected chi connectivity index (χ3v) is 5.21. The number of benzene rings is 1. The Kier molecular flexibility index (Phi) is 3.96. The van der Waals surface area contributed by atoms with Gasteiger partial charge in [-0.25, -0.2) is 0 Å². The van der Waals surface area contributed by atoms with Crippen molar-refractivity contribution >= 4 is 0 Å². The number of hydrogen-bond acceptors (Lipinski definition) is 3. The first-order valence-electron chi connectivity index (χ1n) is 9.56. The number of nitrogens with one attached hydrogen (secondary N) is 1. The van der Waals surface area contributed by atoms with Crippen LogP contribution >= 0.6 is 0 Å². The van der Waals surface area contributed by atoms with Crippen molar-refractivity contribution in [1.29, 1.82) is 0 Å². The summed E-state index contributed by atoms with van der Waals surface area (Å²) in [5.74, 6) is 2.40. The van der Waals surface area contributed by atoms with Gasteiger partial charge in [0.1, 0.15) is 11.4 Å². The molecule has 0 radical (unpaired) electrons. The summed E-state index contributed by atoms with van der Waals surface area (Å²) >= 11 is 0. The predicted octanol–water partition coefficient (Wildman–Crippen LogP) is 4.73. The molecule has 2 aliphatic carbocycles. The molecule has 2 saturated carbocycles. The molecule has 4 heteroatoms. The van der Waals surface area contributed by atoms with E-state index < -0.39 is 0 Å². The van der Waals surface area contributed by atoms with Crippen LogP contribution in [0.25, 0.3) is 11.4 Å². The third kappa shape index (κ3) is 3.50. The van der Waals surface area contributed by atoms with Crippen LogP contribution in [0.1, 0.15) is 48.4 Å². The number of aromatic amines is 1. The molecule has 0 atom stereocenters. The molecule has 5 rings (SSSR count). The van der Waals surface area contributed by atoms with Crippen LogP contribution in [0.15, 0.2) is 48.7 Å². The van der Waals surface area contributed by atoms with E-state index >= 15 is 0 Å². The maximum absolute atomic E-state index is 6.15. The average Bonchev–Trinajstić information content (AvgIpc) is 3.60. The van der Waals surface area contributed by atoms with Crippen molar-refractivity contribution in [3.8, 4) is 17.1 Å². The Bertz CT molecular complexity index is 895. The van der Waals surface area contributed by atoms with Gasteiger partial charge < -0.3 is 4.74 Å². The number of H-pyrrole nitrogens is 1. The van der Waals surface area contributed by atoms with Crippen LogP contribution in [0, 0.1) is 5.92 Å². The lowest BCUT2D eigenvalue weighted by Gasteiger charge is -2.11. The Labute approximate surface area is 153 Å². The van der Waals surface area contributed by atoms with Gasteiger partial charge in [-0.3, -0.25) is 10.1 Å². The first-order chi connectivity index (χ1) is 12.8. The molecule has 2 aromatic heterocycles. The normalized spacial score (nSPS) is 16.6. The van der Waals surface area contributed by atoms with Gasteiger partial charge in [0.15, 0.2) is 0 Å². The molecule has 0 aliphatic heterocycles. The van der Waals surface area contributed by atoms with Crippen LogP contribution in [-0.2, 0) is 6.42 Å². The smallest absolute Gasteiger partial charge is 0.126 e. The van der Waals surface area contributed by atoms with Crippen molar-refractivity contribution in [1.82, 2.24) is 15.2 Å². The monoisotopic (exact) mass is 345 g/mol. The molecule has 2 heterocycles. The maximum Gasteiger partial charge on any atom is 0.126 e. The van der Waals surface area contributed by atoms with Gasteiger partial charge in [-0.15, -0.1) is 0 Å². The van der Waals surface area contributed by atoms with Gasteiger partial charge in [-0.2, -0.15) is 5.10 Å². The van der Waals surface area contributed by atoms with Crippen LogP contribution < -0.4 is 4.74 Å². The van der Waals surface area contributed by atoms with E-state index in [-0.39, 0.29) is 0 Å². The third-order valence-electron chi connectivity index (χ3n) is 5.21. The van der Waals surface area contributed by atoms with E-state index in [4.69, 9.17) is 4.74 Å². The molecule has 132 valence electrons. The van der Waals surface area contributed by atoms with Gasteiger partial charge in [0.05, 0.1) is 12.3 Å². The summed E-state index contributed by atoms with van der Waals surface area (Å²) in [6, 6.07) is 14.6. The Balaban J connectivity index is 1.38. The molecule has 1 aromatic carbocycles. The summed E-state index contributed by atoms with van der Waals surface area (Å²) in [6.07, 6.45) is 7.96. The molecule has 2 fully saturated rings. The van der Waals surface area contributed by atoms with Crippen LogP contribution in [0.4, 0.5) is 0 Å². The quantitative estimate of drug-likeness (QED) is 0.673. The van der Waals surface area contributed by atoms with Crippen LogP contribution in [-0.4, -0.2) is 21.8 Å². The summed E-state index contributed by atoms with van der Waals surface area (Å²) in [6.45, 7) is 0.836. The number of ether oxygens (including phenoxy) is 1. The Morgan fingerprint density at radius 3 is 2.62 bits per heavy atom. The Morgan fingerprint density at radius 1 is 1.00 bits per heavy atom. The minimum Gasteiger partial charge on any atom is -0.493 e. The van der Waals surface area contributed by atoms with E-state index in [0.717, 1.165) is 41.8 Å². The molecular formula is C22H23N3O. The Hall–Kier alpha value is -2.62. The van der Waals surface area contributed by atoms with E-state index in [1.54, 1.807) is 0 Å². The molecule has 3 aromatic rings. The lowest BCUT2D eigenvalue weighted by atomic mass is 10.1. The first kappa shape index (κ1) is 15.6. The molecule has 1 N–H and O–H groups in total. The predicted molar refractivity (Wildman–Crippen MR) is 101 cm³/mol. The highest BCUT2D eigenvalue weighted by molar-refractivity contribution is 5.58. The van der Waals surface area contributed by atoms with Crippen molar-refractivity contribution in [3.63, 3.8) is 0 Å². The summed E-state index contributed by atoms with van der Waals surface area (Å²) in [7, 11) is 0. The summed E-state index contributed by atoms with van der Waals surface area (Å²) in [5.41, 5.74) is 5.41. The fourth-order valence-electron chi connectivity index (χ4n) is 3.30. The first-order valence-corrected chi connectivity index (χ1v) is 9.56. The van der Waals surface area contributed by atoms with E-state index in [2.05, 4.69) is 51.6 Å². The highest BCUT2D eigenvalue weighted by atomic mass is 16.5. The summed E-state index contributed by atoms with van der Waals surface area (Å²) < 4.78 is 6.15. The van der Waals surface area contributed by atoms with Crippen LogP contribution in [0.2, 0.25) is 0 Å². The van der Waals surface area contributed by atoms with E-state index in [1.165, 1.54) is 36.8 Å². The lowest BCUT2D eigenvalue weighted by Crippen LogP contribution is -2.02. The highest BCUT2D eigenvalue weighted by Crippen LogP contribution is 2.45. The highest BCUT2D eigenvalue weighted by Gasteiger charge is 2.29. The van der Waals surface area contributed by atoms with E-state index in [1.807, 2.05) is 12.3 Å². The van der Waals surface area contributed by atoms with Gasteiger partial charge in [-0.1, -0.05) is 30.3 Å². The van der Waals surface area contributed by atoms with Crippen LogP contribution in [0.3, 0.4) is 0 Å². The second-order valence-corrected chi connectivity index (χ2v) is 7.58. The standard InChI is InChI=1S/C22H23N3O/c1-2-4-15(5-3-1)10-18-11-21(25-24-18)20-12-22(26-14-16-6-7-16)19(13-23-20)17-8-9-17/h1-5,11-13,16-17H,6-10,14H2,(H,24,25). The van der Waals surface area contributed by atoms with Gasteiger partial charge in [0.2, 0.25) is 0 Å². The van der Waals surface area contributed by atoms with Crippen molar-refractivity contribution in [2.45, 2.75) is 38.0 Å². The van der Waals surface area contributed by atoms with Crippen molar-refractivity contribution in [3.05, 3.63) is 65.5 Å². The number of hydrogen-bond donors (Lipinski definition) is 1. The minimum atomic E-state index is 0.638. The van der Waals surface area contributed by atoms with Gasteiger partial charge >= 0.3 is 0 Å². The molecule has 0 saturated heterocycles. The van der Waals surface area contributed by atoms with Gasteiger partial charge in [-0.05, 0) is 49.1 Å². The van der Waals surface area contributed by atoms with Crippen molar-refractivity contribution in [2.24, 2.45) is 5.92 Å². The lowest BCUT2D eigenvalue weighted by molar-refractivity contribution is 0.296. The van der Waals surface area contributed by atoms with Gasteiger partial charge in [0.25, 0.3) is 0 Å². The number of rotatable bonds is 7. The zero-order valence-electron chi connectivity index (χ0n) is 14.8. The van der Waals surface area contributed by atoms with Crippen LogP contribution in [0.5, 0.6) is 5.75 Å². The Morgan fingerprint density at radius 2 is 1.85 bits per heavy atom. The molecule has 0 unspecified atom stereocenters. The molecule has 26 heavy (non-hydrogen) atoms. The fraction of sp³-hybridized carbons (Fsp3) is 0.364. The zero-order chi connectivity index (χ0) is 17.3. The van der Waals surface area contributed by atoms with E-state index in [0.29, 0.717) is 5.92 Å². The topological polar surface area (TPSA) is 50.8 Å². The second-order valence-electron chi connectivity index (χ2n) is 7.58. The second kappa shape index (κ2) is 6.60. The summed E-state index contributed by atoms with van der Waals surface area (Å²) in [5, 5.41) is 7.63. The number of aromatic nitrogens is 3. The zero-order valence-corrected chi connectivity index (χ0v) is 14.8. The number of nitrogens with zero attached hydrogens (tertiary/aromatic N) is 2. The molecule has 0 spiro atoms. The molecule has 0 bridgehead atoms. The molecule has 2 aliphatic rings. The average molecular weight is 345 g/mol. The van der Waals surface area contributed by atoms with Crippen molar-refractivity contribution in [2.75, 3.05) is 6.61 Å². The molecular weight excluding hydrogens is 322 g/mol. The van der Waals surface area contributed by atoms with E-state index in [9.17, 15) is 0 Å². The molecule has 0 amide bonds. The number of pyridine rings is 1. The van der Waals surface area contributed by atoms with Gasteiger partial charge in [0, 0.05) is 29.9 Å². The largest absolute Gasteiger partial charge is 0.493 e. The summed E-state index contributed by atoms with van der Waals surface area (Å²) in [4.78, 5) is 4.67. The molecule has 4 nitrogen and oxygen atoms in total. The minimum absolute atomic E-state index is 0.638.